The van der Waals surface area contributed by atoms with Crippen LogP contribution in [0.25, 0.3) is 0 Å². The summed E-state index contributed by atoms with van der Waals surface area (Å²) in [6, 6.07) is 5.03. The van der Waals surface area contributed by atoms with E-state index in [1.54, 1.807) is 25.1 Å². The molecule has 1 aromatic rings. The second-order valence-electron chi connectivity index (χ2n) is 5.16. The number of hydrogen-bond donors (Lipinski definition) is 3. The molecule has 0 saturated heterocycles. The molecule has 19 heavy (non-hydrogen) atoms. The maximum atomic E-state index is 12.0. The predicted molar refractivity (Wildman–Crippen MR) is 80.1 cm³/mol. The first-order valence-electron chi connectivity index (χ1n) is 5.91. The number of amides is 1. The van der Waals surface area contributed by atoms with Crippen molar-refractivity contribution >= 4 is 27.5 Å². The molecule has 0 saturated carbocycles. The highest BCUT2D eigenvalue weighted by molar-refractivity contribution is 9.10. The Kier molecular flexibility index (Phi) is 5.34. The average Bonchev–Trinajstić information content (AvgIpc) is 2.27. The number of anilines is 1. The smallest absolute Gasteiger partial charge is 0.252 e. The van der Waals surface area contributed by atoms with E-state index < -0.39 is 5.60 Å². The number of nitrogens with zero attached hydrogens (tertiary/aromatic N) is 1. The van der Waals surface area contributed by atoms with Crippen molar-refractivity contribution in [1.82, 2.24) is 10.2 Å². The number of hydrogen-bond acceptors (Lipinski definition) is 4. The fourth-order valence-corrected chi connectivity index (χ4v) is 2.25. The van der Waals surface area contributed by atoms with Gasteiger partial charge in [0.25, 0.3) is 5.91 Å². The molecule has 0 fully saturated rings. The van der Waals surface area contributed by atoms with Crippen LogP contribution in [-0.4, -0.2) is 48.7 Å². The molecule has 1 atom stereocenters. The van der Waals surface area contributed by atoms with Gasteiger partial charge in [-0.25, -0.2) is 0 Å². The Balaban J connectivity index is 2.68. The van der Waals surface area contributed by atoms with Crippen LogP contribution >= 0.6 is 15.9 Å². The maximum Gasteiger partial charge on any atom is 0.252 e. The minimum absolute atomic E-state index is 0.172. The Morgan fingerprint density at radius 2 is 2.16 bits per heavy atom. The molecule has 1 unspecified atom stereocenters. The Morgan fingerprint density at radius 1 is 1.53 bits per heavy atom. The second-order valence-corrected chi connectivity index (χ2v) is 6.01. The summed E-state index contributed by atoms with van der Waals surface area (Å²) in [5.74, 6) is -0.266. The molecule has 1 aromatic carbocycles. The lowest BCUT2D eigenvalue weighted by Crippen LogP contribution is -2.47. The monoisotopic (exact) mass is 329 g/mol. The van der Waals surface area contributed by atoms with Crippen LogP contribution in [0, 0.1) is 0 Å². The fourth-order valence-electron chi connectivity index (χ4n) is 1.82. The van der Waals surface area contributed by atoms with E-state index in [9.17, 15) is 9.90 Å². The van der Waals surface area contributed by atoms with Crippen LogP contribution in [0.3, 0.4) is 0 Å². The maximum absolute atomic E-state index is 12.0. The van der Waals surface area contributed by atoms with E-state index in [2.05, 4.69) is 21.2 Å². The van der Waals surface area contributed by atoms with E-state index in [0.717, 1.165) is 0 Å². The summed E-state index contributed by atoms with van der Waals surface area (Å²) in [5, 5.41) is 12.8. The van der Waals surface area contributed by atoms with E-state index in [0.29, 0.717) is 22.3 Å². The first kappa shape index (κ1) is 15.9. The Bertz CT molecular complexity index is 461. The average molecular weight is 330 g/mol. The van der Waals surface area contributed by atoms with Crippen molar-refractivity contribution in [3.63, 3.8) is 0 Å². The minimum atomic E-state index is -0.980. The lowest BCUT2D eigenvalue weighted by atomic mass is 10.1. The van der Waals surface area contributed by atoms with Crippen molar-refractivity contribution in [2.24, 2.45) is 0 Å². The lowest BCUT2D eigenvalue weighted by molar-refractivity contribution is 0.0326. The Hall–Kier alpha value is -1.11. The van der Waals surface area contributed by atoms with Gasteiger partial charge in [0.1, 0.15) is 0 Å². The van der Waals surface area contributed by atoms with Gasteiger partial charge in [-0.2, -0.15) is 0 Å². The van der Waals surface area contributed by atoms with Crippen molar-refractivity contribution in [2.75, 3.05) is 32.9 Å². The standard InChI is InChI=1S/C13H20BrN3O2/c1-13(19,8-17(2)3)7-16-12(18)10-6-9(15)4-5-11(10)14/h4-6,19H,7-8,15H2,1-3H3,(H,16,18). The van der Waals surface area contributed by atoms with E-state index in [-0.39, 0.29) is 12.5 Å². The Labute approximate surface area is 121 Å². The second kappa shape index (κ2) is 6.36. The van der Waals surface area contributed by atoms with Crippen molar-refractivity contribution < 1.29 is 9.90 Å². The summed E-state index contributed by atoms with van der Waals surface area (Å²) in [4.78, 5) is 13.9. The molecule has 0 bridgehead atoms. The number of halogens is 1. The van der Waals surface area contributed by atoms with Gasteiger partial charge in [-0.3, -0.25) is 4.79 Å². The number of nitrogens with one attached hydrogen (secondary N) is 1. The molecule has 5 nitrogen and oxygen atoms in total. The Morgan fingerprint density at radius 3 is 2.74 bits per heavy atom. The third kappa shape index (κ3) is 5.18. The molecule has 0 radical (unpaired) electrons. The molecule has 1 amide bonds. The molecule has 0 aliphatic heterocycles. The summed E-state index contributed by atoms with van der Waals surface area (Å²) >= 11 is 3.30. The van der Waals surface area contributed by atoms with Gasteiger partial charge in [0.15, 0.2) is 0 Å². The van der Waals surface area contributed by atoms with E-state index in [4.69, 9.17) is 5.73 Å². The molecule has 1 rings (SSSR count). The zero-order valence-corrected chi connectivity index (χ0v) is 13.0. The van der Waals surface area contributed by atoms with Gasteiger partial charge in [-0.05, 0) is 55.1 Å². The number of nitrogens with two attached hydrogens (primary N) is 1. The lowest BCUT2D eigenvalue weighted by Gasteiger charge is -2.27. The van der Waals surface area contributed by atoms with Crippen LogP contribution in [0.1, 0.15) is 17.3 Å². The van der Waals surface area contributed by atoms with Crippen LogP contribution in [0.15, 0.2) is 22.7 Å². The van der Waals surface area contributed by atoms with Crippen LogP contribution in [0.4, 0.5) is 5.69 Å². The molecule has 106 valence electrons. The van der Waals surface area contributed by atoms with Gasteiger partial charge < -0.3 is 21.1 Å². The van der Waals surface area contributed by atoms with E-state index in [1.165, 1.54) is 0 Å². The fraction of sp³-hybridized carbons (Fsp3) is 0.462. The van der Waals surface area contributed by atoms with Crippen molar-refractivity contribution in [1.29, 1.82) is 0 Å². The number of benzene rings is 1. The van der Waals surface area contributed by atoms with Gasteiger partial charge in [0.2, 0.25) is 0 Å². The van der Waals surface area contributed by atoms with E-state index >= 15 is 0 Å². The number of carbonyl (C=O) groups is 1. The third-order valence-corrected chi connectivity index (χ3v) is 3.21. The number of rotatable bonds is 5. The van der Waals surface area contributed by atoms with Crippen molar-refractivity contribution in [3.05, 3.63) is 28.2 Å². The van der Waals surface area contributed by atoms with Crippen molar-refractivity contribution in [2.45, 2.75) is 12.5 Å². The summed E-state index contributed by atoms with van der Waals surface area (Å²) in [5.41, 5.74) is 5.66. The van der Waals surface area contributed by atoms with Crippen LogP contribution in [-0.2, 0) is 0 Å². The van der Waals surface area contributed by atoms with Gasteiger partial charge in [0, 0.05) is 23.2 Å². The van der Waals surface area contributed by atoms with E-state index in [1.807, 2.05) is 19.0 Å². The first-order chi connectivity index (χ1) is 8.71. The molecule has 4 N–H and O–H groups in total. The number of likely N-dealkylation sites (N-methyl/N-ethyl adjacent to an activating group) is 1. The van der Waals surface area contributed by atoms with Gasteiger partial charge in [0.05, 0.1) is 11.2 Å². The highest BCUT2D eigenvalue weighted by Crippen LogP contribution is 2.19. The number of nitrogen functional groups attached to an aromatic ring is 1. The van der Waals surface area contributed by atoms with Gasteiger partial charge >= 0.3 is 0 Å². The van der Waals surface area contributed by atoms with Gasteiger partial charge in [-0.15, -0.1) is 0 Å². The molecule has 0 heterocycles. The van der Waals surface area contributed by atoms with Crippen LogP contribution in [0.2, 0.25) is 0 Å². The molecular weight excluding hydrogens is 310 g/mol. The number of aliphatic hydroxyl groups is 1. The first-order valence-corrected chi connectivity index (χ1v) is 6.71. The molecule has 0 aliphatic rings. The minimum Gasteiger partial charge on any atom is -0.399 e. The van der Waals surface area contributed by atoms with Crippen LogP contribution in [0.5, 0.6) is 0 Å². The quantitative estimate of drug-likeness (QED) is 0.706. The highest BCUT2D eigenvalue weighted by Gasteiger charge is 2.22. The van der Waals surface area contributed by atoms with Crippen LogP contribution < -0.4 is 11.1 Å². The molecule has 0 aliphatic carbocycles. The molecule has 6 heteroatoms. The third-order valence-electron chi connectivity index (χ3n) is 2.52. The van der Waals surface area contributed by atoms with Crippen molar-refractivity contribution in [3.8, 4) is 0 Å². The summed E-state index contributed by atoms with van der Waals surface area (Å²) in [7, 11) is 3.73. The summed E-state index contributed by atoms with van der Waals surface area (Å²) < 4.78 is 0.673. The predicted octanol–water partition coefficient (Wildman–Crippen LogP) is 1.07. The SMILES string of the molecule is CN(C)CC(C)(O)CNC(=O)c1cc(N)ccc1Br. The zero-order valence-electron chi connectivity index (χ0n) is 11.4. The van der Waals surface area contributed by atoms with Gasteiger partial charge in [-0.1, -0.05) is 0 Å². The zero-order chi connectivity index (χ0) is 14.6. The normalized spacial score (nSPS) is 14.2. The summed E-state index contributed by atoms with van der Waals surface area (Å²) in [6.07, 6.45) is 0. The molecular formula is C13H20BrN3O2. The highest BCUT2D eigenvalue weighted by atomic mass is 79.9. The topological polar surface area (TPSA) is 78.6 Å². The number of carbonyl (C=O) groups excluding carboxylic acids is 1. The molecule has 0 spiro atoms. The largest absolute Gasteiger partial charge is 0.399 e. The summed E-state index contributed by atoms with van der Waals surface area (Å²) in [6.45, 7) is 2.32. The molecule has 0 aromatic heterocycles.